The molecular weight excluding hydrogens is 631 g/mol. The number of amides is 2. The highest BCUT2D eigenvalue weighted by molar-refractivity contribution is 14.1. The lowest BCUT2D eigenvalue weighted by Gasteiger charge is -2.40. The van der Waals surface area contributed by atoms with E-state index in [1.54, 1.807) is 13.0 Å². The van der Waals surface area contributed by atoms with Crippen LogP contribution in [-0.2, 0) is 20.9 Å². The summed E-state index contributed by atoms with van der Waals surface area (Å²) in [5, 5.41) is 23.5. The molecule has 0 spiro atoms. The van der Waals surface area contributed by atoms with E-state index in [0.717, 1.165) is 11.1 Å². The molecule has 40 heavy (non-hydrogen) atoms. The fraction of sp³-hybridized carbons (Fsp3) is 0.414. The minimum atomic E-state index is -1.23. The first-order valence-corrected chi connectivity index (χ1v) is 14.0. The number of aryl methyl sites for hydroxylation is 1. The van der Waals surface area contributed by atoms with Crippen molar-refractivity contribution in [2.75, 3.05) is 33.5 Å². The van der Waals surface area contributed by atoms with Gasteiger partial charge in [0.05, 0.1) is 23.3 Å². The summed E-state index contributed by atoms with van der Waals surface area (Å²) < 4.78 is 17.6. The van der Waals surface area contributed by atoms with Gasteiger partial charge in [-0.05, 0) is 60.2 Å². The number of hydrogen-bond donors (Lipinski definition) is 3. The van der Waals surface area contributed by atoms with E-state index < -0.39 is 24.2 Å². The Balaban J connectivity index is 2.03. The number of aliphatic hydroxyl groups is 2. The second-order valence-electron chi connectivity index (χ2n) is 9.31. The predicted octanol–water partition coefficient (Wildman–Crippen LogP) is 2.40. The fourth-order valence-electron chi connectivity index (χ4n) is 4.39. The third kappa shape index (κ3) is 8.03. The van der Waals surface area contributed by atoms with Crippen molar-refractivity contribution < 1.29 is 38.8 Å². The summed E-state index contributed by atoms with van der Waals surface area (Å²) in [6, 6.07) is 10.00. The monoisotopic (exact) mass is 666 g/mol. The molecule has 3 N–H and O–H groups in total. The highest BCUT2D eigenvalue weighted by Gasteiger charge is 2.41. The number of aliphatic hydroxyl groups excluding tert-OH is 2. The van der Waals surface area contributed by atoms with Crippen LogP contribution in [0.2, 0.25) is 0 Å². The van der Waals surface area contributed by atoms with Gasteiger partial charge in [0.2, 0.25) is 11.8 Å². The second kappa shape index (κ2) is 15.1. The second-order valence-corrected chi connectivity index (χ2v) is 10.5. The van der Waals surface area contributed by atoms with Gasteiger partial charge >= 0.3 is 0 Å². The molecule has 2 aromatic carbocycles. The first-order valence-electron chi connectivity index (χ1n) is 12.9. The number of rotatable bonds is 13. The number of benzene rings is 2. The quantitative estimate of drug-likeness (QED) is 0.219. The van der Waals surface area contributed by atoms with Crippen molar-refractivity contribution in [3.63, 3.8) is 0 Å². The van der Waals surface area contributed by atoms with Crippen LogP contribution in [0.1, 0.15) is 34.8 Å². The molecule has 216 valence electrons. The normalized spacial score (nSPS) is 18.4. The number of halogens is 1. The maximum Gasteiger partial charge on any atom is 0.249 e. The van der Waals surface area contributed by atoms with Crippen LogP contribution in [0.3, 0.4) is 0 Å². The van der Waals surface area contributed by atoms with Crippen molar-refractivity contribution in [3.8, 4) is 11.5 Å². The number of carbonyl (C=O) groups excluding carboxylic acids is 3. The van der Waals surface area contributed by atoms with Crippen molar-refractivity contribution in [1.29, 1.82) is 0 Å². The summed E-state index contributed by atoms with van der Waals surface area (Å²) in [7, 11) is 1.44. The Morgan fingerprint density at radius 2 is 1.95 bits per heavy atom. The molecule has 0 aromatic heterocycles. The maximum atomic E-state index is 13.4. The molecule has 3 rings (SSSR count). The molecule has 1 aliphatic rings. The maximum absolute atomic E-state index is 13.4. The van der Waals surface area contributed by atoms with E-state index in [4.69, 9.17) is 14.2 Å². The van der Waals surface area contributed by atoms with Crippen molar-refractivity contribution >= 4 is 40.7 Å². The molecule has 11 heteroatoms. The summed E-state index contributed by atoms with van der Waals surface area (Å²) in [6.45, 7) is 3.89. The van der Waals surface area contributed by atoms with E-state index in [1.807, 2.05) is 53.8 Å². The Morgan fingerprint density at radius 1 is 1.23 bits per heavy atom. The lowest BCUT2D eigenvalue weighted by Crippen LogP contribution is -2.55. The molecule has 0 aliphatic heterocycles. The molecule has 10 nitrogen and oxygen atoms in total. The number of hydrogen-bond acceptors (Lipinski definition) is 8. The molecule has 2 aromatic rings. The molecule has 0 bridgehead atoms. The van der Waals surface area contributed by atoms with Crippen LogP contribution in [0.5, 0.6) is 11.5 Å². The largest absolute Gasteiger partial charge is 0.493 e. The zero-order valence-corrected chi connectivity index (χ0v) is 24.9. The zero-order chi connectivity index (χ0) is 29.2. The molecule has 0 saturated heterocycles. The number of carbonyl (C=O) groups is 3. The third-order valence-electron chi connectivity index (χ3n) is 6.48. The van der Waals surface area contributed by atoms with E-state index in [-0.39, 0.29) is 50.1 Å². The van der Waals surface area contributed by atoms with Gasteiger partial charge in [0.15, 0.2) is 11.5 Å². The summed E-state index contributed by atoms with van der Waals surface area (Å²) >= 11 is 2.01. The molecule has 0 fully saturated rings. The molecule has 3 atom stereocenters. The number of methoxy groups -OCH3 is 1. The van der Waals surface area contributed by atoms with Gasteiger partial charge in [-0.3, -0.25) is 14.4 Å². The first-order chi connectivity index (χ1) is 19.2. The Bertz CT molecular complexity index is 1220. The van der Waals surface area contributed by atoms with E-state index in [1.165, 1.54) is 24.2 Å². The van der Waals surface area contributed by atoms with Crippen LogP contribution in [0.4, 0.5) is 0 Å². The highest BCUT2D eigenvalue weighted by Crippen LogP contribution is 2.37. The van der Waals surface area contributed by atoms with Gasteiger partial charge in [-0.15, -0.1) is 0 Å². The molecule has 3 unspecified atom stereocenters. The summed E-state index contributed by atoms with van der Waals surface area (Å²) in [4.78, 5) is 39.3. The fourth-order valence-corrected chi connectivity index (χ4v) is 5.14. The summed E-state index contributed by atoms with van der Waals surface area (Å²) in [5.41, 5.74) is 2.60. The average molecular weight is 667 g/mol. The standard InChI is InChI=1S/C29H35IN2O8/c1-4-39-17-26(35)32(15-19-7-5-18(2)6-8-19)23-13-21(29(37)31-9-10-33)14-24(27(23)36)40-28-22(30)11-20(16-34)12-25(28)38-3/h5-8,11-12,14,16,23-24,27,33,36H,4,9-10,13,15,17H2,1-3H3,(H,31,37). The highest BCUT2D eigenvalue weighted by atomic mass is 127. The molecule has 2 amide bonds. The van der Waals surface area contributed by atoms with Gasteiger partial charge in [0.1, 0.15) is 25.1 Å². The third-order valence-corrected chi connectivity index (χ3v) is 7.28. The topological polar surface area (TPSA) is 135 Å². The molecule has 0 saturated carbocycles. The van der Waals surface area contributed by atoms with Gasteiger partial charge in [-0.1, -0.05) is 29.8 Å². The number of nitrogens with one attached hydrogen (secondary N) is 1. The number of ether oxygens (including phenoxy) is 3. The summed E-state index contributed by atoms with van der Waals surface area (Å²) in [6.07, 6.45) is 0.000338. The molecule has 1 aliphatic carbocycles. The van der Waals surface area contributed by atoms with E-state index >= 15 is 0 Å². The molecular formula is C29H35IN2O8. The van der Waals surface area contributed by atoms with Gasteiger partial charge in [-0.25, -0.2) is 0 Å². The van der Waals surface area contributed by atoms with Gasteiger partial charge in [0.25, 0.3) is 0 Å². The van der Waals surface area contributed by atoms with Gasteiger partial charge in [-0.2, -0.15) is 0 Å². The lowest BCUT2D eigenvalue weighted by atomic mass is 9.87. The molecule has 0 heterocycles. The van der Waals surface area contributed by atoms with Crippen LogP contribution >= 0.6 is 22.6 Å². The predicted molar refractivity (Wildman–Crippen MR) is 156 cm³/mol. The average Bonchev–Trinajstić information content (AvgIpc) is 2.96. The Labute approximate surface area is 247 Å². The minimum absolute atomic E-state index is 0.0458. The van der Waals surface area contributed by atoms with E-state index in [9.17, 15) is 24.6 Å². The van der Waals surface area contributed by atoms with Crippen LogP contribution in [-0.4, -0.2) is 84.9 Å². The van der Waals surface area contributed by atoms with E-state index in [0.29, 0.717) is 27.6 Å². The van der Waals surface area contributed by atoms with Crippen molar-refractivity contribution in [3.05, 3.63) is 68.3 Å². The van der Waals surface area contributed by atoms with Gasteiger partial charge < -0.3 is 34.6 Å². The SMILES string of the molecule is CCOCC(=O)N(Cc1ccc(C)cc1)C1CC(C(=O)NCCO)=CC(Oc2c(I)cc(C=O)cc2OC)C1O. The van der Waals surface area contributed by atoms with Gasteiger partial charge in [0, 0.05) is 37.3 Å². The first kappa shape index (κ1) is 31.5. The van der Waals surface area contributed by atoms with Crippen LogP contribution in [0.15, 0.2) is 48.0 Å². The van der Waals surface area contributed by atoms with E-state index in [2.05, 4.69) is 5.32 Å². The van der Waals surface area contributed by atoms with Crippen molar-refractivity contribution in [1.82, 2.24) is 10.2 Å². The Kier molecular flexibility index (Phi) is 11.9. The lowest BCUT2D eigenvalue weighted by molar-refractivity contribution is -0.144. The summed E-state index contributed by atoms with van der Waals surface area (Å²) in [5.74, 6) is -0.211. The van der Waals surface area contributed by atoms with Crippen molar-refractivity contribution in [2.45, 2.75) is 45.1 Å². The molecule has 0 radical (unpaired) electrons. The van der Waals surface area contributed by atoms with Crippen molar-refractivity contribution in [2.24, 2.45) is 0 Å². The Hall–Kier alpha value is -3.00. The zero-order valence-electron chi connectivity index (χ0n) is 22.8. The van der Waals surface area contributed by atoms with Crippen LogP contribution in [0, 0.1) is 10.5 Å². The Morgan fingerprint density at radius 3 is 2.58 bits per heavy atom. The number of nitrogens with zero attached hydrogens (tertiary/aromatic N) is 1. The minimum Gasteiger partial charge on any atom is -0.493 e. The van der Waals surface area contributed by atoms with Crippen LogP contribution in [0.25, 0.3) is 0 Å². The number of aldehydes is 1. The smallest absolute Gasteiger partial charge is 0.249 e. The van der Waals surface area contributed by atoms with Crippen LogP contribution < -0.4 is 14.8 Å².